The largest absolute Gasteiger partial charge is 0.462 e. The normalized spacial score (nSPS) is 10.6. The summed E-state index contributed by atoms with van der Waals surface area (Å²) in [7, 11) is 0. The van der Waals surface area contributed by atoms with Crippen molar-refractivity contribution in [2.75, 3.05) is 51.7 Å². The Morgan fingerprint density at radius 1 is 0.672 bits per heavy atom. The van der Waals surface area contributed by atoms with Crippen LogP contribution in [0.1, 0.15) is 37.4 Å². The van der Waals surface area contributed by atoms with Gasteiger partial charge in [-0.2, -0.15) is 5.10 Å². The lowest BCUT2D eigenvalue weighted by molar-refractivity contribution is -0.146. The first kappa shape index (κ1) is 47.2. The van der Waals surface area contributed by atoms with Gasteiger partial charge in [-0.1, -0.05) is 55.3 Å². The summed E-state index contributed by atoms with van der Waals surface area (Å²) in [6, 6.07) is 23.8. The Labute approximate surface area is 371 Å². The zero-order valence-corrected chi connectivity index (χ0v) is 35.3. The van der Waals surface area contributed by atoms with Crippen molar-refractivity contribution >= 4 is 62.7 Å². The van der Waals surface area contributed by atoms with Gasteiger partial charge >= 0.3 is 29.8 Å². The Bertz CT molecular complexity index is 2450. The third-order valence-electron chi connectivity index (χ3n) is 8.65. The van der Waals surface area contributed by atoms with Crippen molar-refractivity contribution in [3.8, 4) is 17.2 Å². The first-order valence-corrected chi connectivity index (χ1v) is 20.3. The van der Waals surface area contributed by atoms with Crippen LogP contribution in [0.5, 0.6) is 17.2 Å². The van der Waals surface area contributed by atoms with E-state index in [1.165, 1.54) is 41.7 Å². The molecular weight excluding hydrogens is 849 g/mol. The van der Waals surface area contributed by atoms with Crippen LogP contribution < -0.4 is 25.0 Å². The molecule has 0 saturated carbocycles. The van der Waals surface area contributed by atoms with Gasteiger partial charge in [-0.3, -0.25) is 0 Å². The number of thiazole rings is 1. The highest BCUT2D eigenvalue weighted by Crippen LogP contribution is 2.30. The third-order valence-corrected chi connectivity index (χ3v) is 9.70. The number of hydrogen-bond donors (Lipinski definition) is 1. The van der Waals surface area contributed by atoms with E-state index in [0.29, 0.717) is 41.5 Å². The van der Waals surface area contributed by atoms with Gasteiger partial charge in [-0.15, -0.1) is 0 Å². The van der Waals surface area contributed by atoms with Crippen LogP contribution >= 0.6 is 11.3 Å². The monoisotopic (exact) mass is 892 g/mol. The van der Waals surface area contributed by atoms with E-state index >= 15 is 0 Å². The standard InChI is InChI=1S/C46H44N4O13S/c1-4-41(51)61-28-58-36-16-13-33(14-17-36)44(54)56-23-19-31-11-12-32(35(25-31)27-48-50(22-21-47)46-49-37-9-7-8-10-40(37)64-46)20-24-57-45(55)34-15-18-38(59-29-62-42(52)5-2)39(26-34)60-30-63-43(53)6-3/h4-18,25-27H,1-3,19-24,28-30,47H2/b48-27+. The number of nitrogens with two attached hydrogens (primary N) is 1. The van der Waals surface area contributed by atoms with Crippen LogP contribution in [0.4, 0.5) is 5.13 Å². The second-order valence-electron chi connectivity index (χ2n) is 12.9. The molecule has 0 atom stereocenters. The lowest BCUT2D eigenvalue weighted by atomic mass is 10.0. The predicted octanol–water partition coefficient (Wildman–Crippen LogP) is 6.09. The van der Waals surface area contributed by atoms with E-state index < -0.39 is 43.4 Å². The van der Waals surface area contributed by atoms with Crippen LogP contribution in [0.15, 0.2) is 128 Å². The number of hydrazone groups is 1. The lowest BCUT2D eigenvalue weighted by Gasteiger charge is -2.15. The van der Waals surface area contributed by atoms with Crippen molar-refractivity contribution in [1.82, 2.24) is 4.98 Å². The Hall–Kier alpha value is -7.83. The topological polar surface area (TPSA) is 214 Å². The minimum atomic E-state index is -0.735. The Kier molecular flexibility index (Phi) is 18.1. The number of ether oxygens (including phenoxy) is 8. The fourth-order valence-corrected chi connectivity index (χ4v) is 6.40. The summed E-state index contributed by atoms with van der Waals surface area (Å²) < 4.78 is 43.1. The summed E-state index contributed by atoms with van der Waals surface area (Å²) >= 11 is 1.48. The summed E-state index contributed by atoms with van der Waals surface area (Å²) in [6.45, 7) is 9.40. The van der Waals surface area contributed by atoms with E-state index in [9.17, 15) is 24.0 Å². The van der Waals surface area contributed by atoms with Gasteiger partial charge in [0.05, 0.1) is 47.3 Å². The molecule has 0 fully saturated rings. The number of benzene rings is 4. The maximum atomic E-state index is 13.3. The molecule has 0 amide bonds. The molecule has 1 heterocycles. The van der Waals surface area contributed by atoms with Gasteiger partial charge in [0.15, 0.2) is 11.5 Å². The third kappa shape index (κ3) is 14.4. The van der Waals surface area contributed by atoms with Gasteiger partial charge < -0.3 is 43.6 Å². The molecule has 64 heavy (non-hydrogen) atoms. The van der Waals surface area contributed by atoms with Crippen molar-refractivity contribution in [3.63, 3.8) is 0 Å². The minimum absolute atomic E-state index is 0.00379. The first-order chi connectivity index (χ1) is 31.1. The first-order valence-electron chi connectivity index (χ1n) is 19.4. The summed E-state index contributed by atoms with van der Waals surface area (Å²) in [5, 5.41) is 7.16. The molecule has 4 aromatic carbocycles. The molecule has 5 rings (SSSR count). The number of esters is 5. The van der Waals surface area contributed by atoms with Crippen LogP contribution in [0.25, 0.3) is 10.2 Å². The van der Waals surface area contributed by atoms with E-state index in [0.717, 1.165) is 39.6 Å². The molecular formula is C46H44N4O13S. The maximum absolute atomic E-state index is 13.3. The van der Waals surface area contributed by atoms with E-state index in [2.05, 4.69) is 19.7 Å². The number of aromatic nitrogens is 1. The van der Waals surface area contributed by atoms with Crippen LogP contribution in [0.2, 0.25) is 0 Å². The summed E-state index contributed by atoms with van der Waals surface area (Å²) in [5.41, 5.74) is 9.54. The molecule has 17 nitrogen and oxygen atoms in total. The van der Waals surface area contributed by atoms with Crippen molar-refractivity contribution < 1.29 is 61.9 Å². The smallest absolute Gasteiger partial charge is 0.338 e. The Balaban J connectivity index is 1.28. The van der Waals surface area contributed by atoms with E-state index in [-0.39, 0.29) is 43.5 Å². The quantitative estimate of drug-likeness (QED) is 0.0175. The summed E-state index contributed by atoms with van der Waals surface area (Å²) in [6.07, 6.45) is 5.29. The number of anilines is 1. The van der Waals surface area contributed by atoms with E-state index in [4.69, 9.17) is 53.7 Å². The molecule has 0 bridgehead atoms. The van der Waals surface area contributed by atoms with Crippen molar-refractivity contribution in [1.29, 1.82) is 0 Å². The molecule has 2 N–H and O–H groups in total. The Morgan fingerprint density at radius 2 is 1.28 bits per heavy atom. The highest BCUT2D eigenvalue weighted by Gasteiger charge is 2.16. The molecule has 5 aromatic rings. The average Bonchev–Trinajstić information content (AvgIpc) is 3.75. The fraction of sp³-hybridized carbons (Fsp3) is 0.196. The number of para-hydroxylation sites is 1. The highest BCUT2D eigenvalue weighted by atomic mass is 32.1. The zero-order chi connectivity index (χ0) is 45.7. The lowest BCUT2D eigenvalue weighted by Crippen LogP contribution is -2.24. The summed E-state index contributed by atoms with van der Waals surface area (Å²) in [5.74, 6) is -2.82. The van der Waals surface area contributed by atoms with Gasteiger partial charge in [0.1, 0.15) is 5.75 Å². The van der Waals surface area contributed by atoms with Crippen molar-refractivity contribution in [2.24, 2.45) is 10.8 Å². The molecule has 0 aliphatic carbocycles. The molecule has 0 aliphatic heterocycles. The molecule has 332 valence electrons. The molecule has 1 aromatic heterocycles. The molecule has 18 heteroatoms. The predicted molar refractivity (Wildman–Crippen MR) is 236 cm³/mol. The number of carbonyl (C=O) groups excluding carboxylic acids is 5. The maximum Gasteiger partial charge on any atom is 0.338 e. The second-order valence-corrected chi connectivity index (χ2v) is 13.9. The number of hydrogen-bond acceptors (Lipinski definition) is 18. The molecule has 0 saturated heterocycles. The minimum Gasteiger partial charge on any atom is -0.462 e. The Morgan fingerprint density at radius 3 is 1.94 bits per heavy atom. The fourth-order valence-electron chi connectivity index (χ4n) is 5.45. The number of nitrogens with zero attached hydrogens (tertiary/aromatic N) is 3. The van der Waals surface area contributed by atoms with Crippen LogP contribution in [-0.4, -0.2) is 87.7 Å². The zero-order valence-electron chi connectivity index (χ0n) is 34.5. The van der Waals surface area contributed by atoms with Gasteiger partial charge in [0.2, 0.25) is 25.5 Å². The number of carbonyl (C=O) groups is 5. The van der Waals surface area contributed by atoms with E-state index in [1.807, 2.05) is 42.5 Å². The van der Waals surface area contributed by atoms with Gasteiger partial charge in [-0.25, -0.2) is 34.0 Å². The highest BCUT2D eigenvalue weighted by molar-refractivity contribution is 7.22. The second kappa shape index (κ2) is 24.6. The number of rotatable bonds is 25. The molecule has 0 unspecified atom stereocenters. The molecule has 0 radical (unpaired) electrons. The van der Waals surface area contributed by atoms with Crippen LogP contribution in [0.3, 0.4) is 0 Å². The summed E-state index contributed by atoms with van der Waals surface area (Å²) in [4.78, 5) is 65.1. The van der Waals surface area contributed by atoms with Crippen molar-refractivity contribution in [3.05, 3.63) is 151 Å². The van der Waals surface area contributed by atoms with Crippen LogP contribution in [-0.2, 0) is 50.9 Å². The number of fused-ring (bicyclic) bond motifs is 1. The SMILES string of the molecule is C=CC(=O)OCOc1ccc(C(=O)OCCc2ccc(CCOC(=O)c3ccc(OCOC(=O)C=C)c(OCOC(=O)C=C)c3)c(/C=N/N(CCN)c3nc4ccccc4s3)c2)cc1. The van der Waals surface area contributed by atoms with Gasteiger partial charge in [0, 0.05) is 37.6 Å². The van der Waals surface area contributed by atoms with Gasteiger partial charge in [-0.05, 0) is 77.4 Å². The van der Waals surface area contributed by atoms with Crippen molar-refractivity contribution in [2.45, 2.75) is 12.8 Å². The van der Waals surface area contributed by atoms with E-state index in [1.54, 1.807) is 23.4 Å². The van der Waals surface area contributed by atoms with Gasteiger partial charge in [0.25, 0.3) is 0 Å². The molecule has 0 spiro atoms. The molecule has 0 aliphatic rings. The average molecular weight is 893 g/mol. The van der Waals surface area contributed by atoms with Crippen LogP contribution in [0, 0.1) is 0 Å².